The smallest absolute Gasteiger partial charge is 0.279 e. The molecule has 0 N–H and O–H groups in total. The number of amides is 1. The molecule has 0 fully saturated rings. The van der Waals surface area contributed by atoms with Crippen LogP contribution in [0, 0.1) is 0 Å². The highest BCUT2D eigenvalue weighted by Gasteiger charge is 2.32. The van der Waals surface area contributed by atoms with Gasteiger partial charge in [-0.2, -0.15) is 5.10 Å². The highest BCUT2D eigenvalue weighted by Crippen LogP contribution is 2.32. The Kier molecular flexibility index (Phi) is 3.23. The molecule has 1 aromatic heterocycles. The molecule has 0 saturated carbocycles. The Morgan fingerprint density at radius 3 is 2.61 bits per heavy atom. The number of carbonyl (C=O) groups excluding carboxylic acids is 1. The van der Waals surface area contributed by atoms with E-state index in [0.29, 0.717) is 5.69 Å². The summed E-state index contributed by atoms with van der Waals surface area (Å²) < 4.78 is 1.74. The van der Waals surface area contributed by atoms with Crippen LogP contribution < -0.4 is 4.90 Å². The number of para-hydroxylation sites is 2. The summed E-state index contributed by atoms with van der Waals surface area (Å²) in [6.45, 7) is 2.08. The van der Waals surface area contributed by atoms with Crippen LogP contribution in [0.1, 0.15) is 23.0 Å². The van der Waals surface area contributed by atoms with Gasteiger partial charge in [-0.15, -0.1) is 0 Å². The lowest BCUT2D eigenvalue weighted by molar-refractivity contribution is 0.0976. The van der Waals surface area contributed by atoms with E-state index in [-0.39, 0.29) is 11.9 Å². The van der Waals surface area contributed by atoms with Crippen molar-refractivity contribution in [3.05, 3.63) is 78.1 Å². The summed E-state index contributed by atoms with van der Waals surface area (Å²) in [4.78, 5) is 14.8. The van der Waals surface area contributed by atoms with Gasteiger partial charge in [-0.3, -0.25) is 4.79 Å². The first-order chi connectivity index (χ1) is 11.2. The number of aromatic nitrogens is 2. The Bertz CT molecular complexity index is 854. The van der Waals surface area contributed by atoms with Crippen molar-refractivity contribution in [2.45, 2.75) is 19.4 Å². The number of benzene rings is 2. The summed E-state index contributed by atoms with van der Waals surface area (Å²) >= 11 is 0. The minimum absolute atomic E-state index is 0.0443. The fourth-order valence-electron chi connectivity index (χ4n) is 3.16. The largest absolute Gasteiger partial charge is 0.304 e. The van der Waals surface area contributed by atoms with Gasteiger partial charge in [-0.25, -0.2) is 4.68 Å². The fraction of sp³-hybridized carbons (Fsp3) is 0.158. The molecule has 0 radical (unpaired) electrons. The van der Waals surface area contributed by atoms with E-state index in [1.807, 2.05) is 59.6 Å². The lowest BCUT2D eigenvalue weighted by atomic mass is 10.1. The van der Waals surface area contributed by atoms with Crippen molar-refractivity contribution in [2.75, 3.05) is 4.90 Å². The van der Waals surface area contributed by atoms with Crippen molar-refractivity contribution < 1.29 is 4.79 Å². The average molecular weight is 303 g/mol. The molecule has 23 heavy (non-hydrogen) atoms. The molecule has 1 aliphatic heterocycles. The second kappa shape index (κ2) is 5.39. The number of hydrogen-bond acceptors (Lipinski definition) is 2. The topological polar surface area (TPSA) is 38.1 Å². The first kappa shape index (κ1) is 13.8. The summed E-state index contributed by atoms with van der Waals surface area (Å²) in [6.07, 6.45) is 2.72. The summed E-state index contributed by atoms with van der Waals surface area (Å²) in [7, 11) is 0. The van der Waals surface area contributed by atoms with E-state index in [9.17, 15) is 4.79 Å². The minimum Gasteiger partial charge on any atom is -0.304 e. The van der Waals surface area contributed by atoms with E-state index in [1.54, 1.807) is 10.7 Å². The monoisotopic (exact) mass is 303 g/mol. The van der Waals surface area contributed by atoms with Crippen molar-refractivity contribution in [3.8, 4) is 5.69 Å². The van der Waals surface area contributed by atoms with Gasteiger partial charge in [0.15, 0.2) is 5.69 Å². The van der Waals surface area contributed by atoms with E-state index in [2.05, 4.69) is 18.1 Å². The molecule has 3 aromatic rings. The third-order valence-corrected chi connectivity index (χ3v) is 4.25. The third-order valence-electron chi connectivity index (χ3n) is 4.25. The molecule has 4 heteroatoms. The van der Waals surface area contributed by atoms with Crippen LogP contribution in [0.2, 0.25) is 0 Å². The molecule has 2 heterocycles. The molecule has 4 nitrogen and oxygen atoms in total. The summed E-state index contributed by atoms with van der Waals surface area (Å²) in [5.74, 6) is -0.0443. The maximum atomic E-state index is 12.9. The van der Waals surface area contributed by atoms with Crippen LogP contribution in [0.15, 0.2) is 66.9 Å². The van der Waals surface area contributed by atoms with Crippen LogP contribution >= 0.6 is 0 Å². The van der Waals surface area contributed by atoms with Gasteiger partial charge in [0.1, 0.15) is 0 Å². The molecule has 0 aliphatic carbocycles. The van der Waals surface area contributed by atoms with E-state index in [1.165, 1.54) is 5.56 Å². The van der Waals surface area contributed by atoms with Gasteiger partial charge in [0.05, 0.1) is 5.69 Å². The lowest BCUT2D eigenvalue weighted by Crippen LogP contribution is -2.36. The quantitative estimate of drug-likeness (QED) is 0.727. The standard InChI is InChI=1S/C19H17N3O/c1-14-13-15-7-5-6-10-18(15)22(14)19(23)17-11-12-21(20-17)16-8-3-2-4-9-16/h2-12,14H,13H2,1H3. The van der Waals surface area contributed by atoms with Crippen LogP contribution in [0.5, 0.6) is 0 Å². The van der Waals surface area contributed by atoms with Crippen LogP contribution in [0.3, 0.4) is 0 Å². The normalized spacial score (nSPS) is 16.4. The maximum absolute atomic E-state index is 12.9. The number of hydrogen-bond donors (Lipinski definition) is 0. The van der Waals surface area contributed by atoms with Crippen molar-refractivity contribution >= 4 is 11.6 Å². The summed E-state index contributed by atoms with van der Waals surface area (Å²) in [6, 6.07) is 19.8. The van der Waals surface area contributed by atoms with Crippen molar-refractivity contribution in [3.63, 3.8) is 0 Å². The molecular weight excluding hydrogens is 286 g/mol. The van der Waals surface area contributed by atoms with E-state index in [0.717, 1.165) is 17.8 Å². The van der Waals surface area contributed by atoms with Gasteiger partial charge in [-0.05, 0) is 43.2 Å². The first-order valence-corrected chi connectivity index (χ1v) is 7.76. The second-order valence-electron chi connectivity index (χ2n) is 5.84. The zero-order valence-corrected chi connectivity index (χ0v) is 12.9. The first-order valence-electron chi connectivity index (χ1n) is 7.76. The molecule has 0 spiro atoms. The highest BCUT2D eigenvalue weighted by molar-refractivity contribution is 6.06. The fourth-order valence-corrected chi connectivity index (χ4v) is 3.16. The van der Waals surface area contributed by atoms with Gasteiger partial charge in [0, 0.05) is 17.9 Å². The van der Waals surface area contributed by atoms with E-state index >= 15 is 0 Å². The highest BCUT2D eigenvalue weighted by atomic mass is 16.2. The minimum atomic E-state index is -0.0443. The Labute approximate surface area is 135 Å². The predicted molar refractivity (Wildman–Crippen MR) is 90.0 cm³/mol. The van der Waals surface area contributed by atoms with Crippen molar-refractivity contribution in [1.82, 2.24) is 9.78 Å². The van der Waals surface area contributed by atoms with Crippen molar-refractivity contribution in [2.24, 2.45) is 0 Å². The number of anilines is 1. The lowest BCUT2D eigenvalue weighted by Gasteiger charge is -2.21. The Morgan fingerprint density at radius 1 is 1.04 bits per heavy atom. The molecular formula is C19H17N3O. The van der Waals surface area contributed by atoms with E-state index < -0.39 is 0 Å². The Morgan fingerprint density at radius 2 is 1.78 bits per heavy atom. The molecule has 0 bridgehead atoms. The zero-order valence-electron chi connectivity index (χ0n) is 12.9. The molecule has 1 aliphatic rings. The number of carbonyl (C=O) groups is 1. The zero-order chi connectivity index (χ0) is 15.8. The molecule has 2 aromatic carbocycles. The van der Waals surface area contributed by atoms with Gasteiger partial charge >= 0.3 is 0 Å². The third kappa shape index (κ3) is 2.32. The number of nitrogens with zero attached hydrogens (tertiary/aromatic N) is 3. The molecule has 1 unspecified atom stereocenters. The maximum Gasteiger partial charge on any atom is 0.279 e. The SMILES string of the molecule is CC1Cc2ccccc2N1C(=O)c1ccn(-c2ccccc2)n1. The molecule has 1 atom stereocenters. The summed E-state index contributed by atoms with van der Waals surface area (Å²) in [5, 5.41) is 4.46. The van der Waals surface area contributed by atoms with Gasteiger partial charge in [0.2, 0.25) is 0 Å². The van der Waals surface area contributed by atoms with Gasteiger partial charge < -0.3 is 4.90 Å². The number of rotatable bonds is 2. The van der Waals surface area contributed by atoms with Crippen LogP contribution in [-0.4, -0.2) is 21.7 Å². The second-order valence-corrected chi connectivity index (χ2v) is 5.84. The van der Waals surface area contributed by atoms with Crippen LogP contribution in [0.4, 0.5) is 5.69 Å². The average Bonchev–Trinajstić information content (AvgIpc) is 3.19. The number of fused-ring (bicyclic) bond motifs is 1. The van der Waals surface area contributed by atoms with Gasteiger partial charge in [0.25, 0.3) is 5.91 Å². The predicted octanol–water partition coefficient (Wildman–Crippen LogP) is 3.46. The van der Waals surface area contributed by atoms with Crippen LogP contribution in [0.25, 0.3) is 5.69 Å². The summed E-state index contributed by atoms with van der Waals surface area (Å²) in [5.41, 5.74) is 3.63. The molecule has 4 rings (SSSR count). The molecule has 114 valence electrons. The van der Waals surface area contributed by atoms with E-state index in [4.69, 9.17) is 0 Å². The van der Waals surface area contributed by atoms with Gasteiger partial charge in [-0.1, -0.05) is 36.4 Å². The Balaban J connectivity index is 1.67. The molecule has 0 saturated heterocycles. The van der Waals surface area contributed by atoms with Crippen molar-refractivity contribution in [1.29, 1.82) is 0 Å². The molecule has 1 amide bonds. The van der Waals surface area contributed by atoms with Crippen LogP contribution in [-0.2, 0) is 6.42 Å². The Hall–Kier alpha value is -2.88.